The van der Waals surface area contributed by atoms with E-state index in [-0.39, 0.29) is 24.3 Å². The minimum Gasteiger partial charge on any atom is -0.343 e. The van der Waals surface area contributed by atoms with Crippen molar-refractivity contribution in [3.8, 4) is 0 Å². The molecule has 110 valence electrons. The number of hydrogen-bond acceptors (Lipinski definition) is 5. The summed E-state index contributed by atoms with van der Waals surface area (Å²) in [5.74, 6) is -0.345. The van der Waals surface area contributed by atoms with E-state index in [2.05, 4.69) is 20.8 Å². The van der Waals surface area contributed by atoms with Gasteiger partial charge in [-0.15, -0.1) is 10.2 Å². The Bertz CT molecular complexity index is 625. The first-order valence-electron chi connectivity index (χ1n) is 6.52. The molecule has 2 amide bonds. The summed E-state index contributed by atoms with van der Waals surface area (Å²) in [5, 5.41) is 14.3. The Labute approximate surface area is 126 Å². The molecule has 7 heteroatoms. The number of carbonyl (C=O) groups excluding carboxylic acids is 2. The van der Waals surface area contributed by atoms with E-state index in [1.165, 1.54) is 11.3 Å². The molecule has 0 bridgehead atoms. The molecule has 0 spiro atoms. The summed E-state index contributed by atoms with van der Waals surface area (Å²) in [6, 6.07) is 8.73. The zero-order valence-electron chi connectivity index (χ0n) is 11.8. The number of hydrogen-bond donors (Lipinski definition) is 2. The lowest BCUT2D eigenvalue weighted by molar-refractivity contribution is -0.115. The molecule has 0 radical (unpaired) electrons. The van der Waals surface area contributed by atoms with Crippen molar-refractivity contribution in [2.24, 2.45) is 0 Å². The molecule has 0 fully saturated rings. The first kappa shape index (κ1) is 15.1. The van der Waals surface area contributed by atoms with Crippen molar-refractivity contribution in [1.82, 2.24) is 15.5 Å². The number of rotatable bonds is 5. The lowest BCUT2D eigenvalue weighted by atomic mass is 10.2. The lowest BCUT2D eigenvalue weighted by Gasteiger charge is -2.04. The topological polar surface area (TPSA) is 84.0 Å². The van der Waals surface area contributed by atoms with Crippen LogP contribution in [0.1, 0.15) is 35.1 Å². The highest BCUT2D eigenvalue weighted by molar-refractivity contribution is 7.15. The Morgan fingerprint density at radius 1 is 1.19 bits per heavy atom. The third-order valence-electron chi connectivity index (χ3n) is 2.63. The van der Waals surface area contributed by atoms with Crippen molar-refractivity contribution in [1.29, 1.82) is 0 Å². The average Bonchev–Trinajstić information content (AvgIpc) is 2.94. The van der Waals surface area contributed by atoms with Crippen molar-refractivity contribution >= 4 is 28.3 Å². The van der Waals surface area contributed by atoms with E-state index >= 15 is 0 Å². The maximum absolute atomic E-state index is 11.8. The molecule has 0 atom stereocenters. The fourth-order valence-electron chi connectivity index (χ4n) is 1.53. The largest absolute Gasteiger partial charge is 0.343 e. The molecule has 1 aromatic carbocycles. The van der Waals surface area contributed by atoms with E-state index in [0.29, 0.717) is 10.7 Å². The number of carbonyl (C=O) groups is 2. The van der Waals surface area contributed by atoms with Crippen LogP contribution in [0.15, 0.2) is 30.3 Å². The quantitative estimate of drug-likeness (QED) is 0.885. The maximum Gasteiger partial charge on any atom is 0.251 e. The molecule has 2 aromatic rings. The predicted molar refractivity (Wildman–Crippen MR) is 81.4 cm³/mol. The Hall–Kier alpha value is -2.28. The molecule has 0 saturated heterocycles. The van der Waals surface area contributed by atoms with E-state index in [9.17, 15) is 9.59 Å². The van der Waals surface area contributed by atoms with Gasteiger partial charge in [-0.1, -0.05) is 43.4 Å². The van der Waals surface area contributed by atoms with Crippen LogP contribution in [-0.2, 0) is 4.79 Å². The van der Waals surface area contributed by atoms with Gasteiger partial charge in [0, 0.05) is 11.5 Å². The third-order valence-corrected chi connectivity index (χ3v) is 3.77. The smallest absolute Gasteiger partial charge is 0.251 e. The minimum absolute atomic E-state index is 0.107. The predicted octanol–water partition coefficient (Wildman–Crippen LogP) is 2.03. The normalized spacial score (nSPS) is 10.4. The standard InChI is InChI=1S/C14H16N4O2S/c1-9(2)13-17-18-14(21-13)16-11(19)8-15-12(20)10-6-4-3-5-7-10/h3-7,9H,8H2,1-2H3,(H,15,20)(H,16,18,19). The van der Waals surface area contributed by atoms with Gasteiger partial charge < -0.3 is 5.32 Å². The maximum atomic E-state index is 11.8. The minimum atomic E-state index is -0.328. The van der Waals surface area contributed by atoms with Gasteiger partial charge in [-0.2, -0.15) is 0 Å². The number of nitrogens with zero attached hydrogens (tertiary/aromatic N) is 2. The summed E-state index contributed by atoms with van der Waals surface area (Å²) in [6.07, 6.45) is 0. The molecule has 0 saturated carbocycles. The van der Waals surface area contributed by atoms with E-state index in [4.69, 9.17) is 0 Å². The van der Waals surface area contributed by atoms with Gasteiger partial charge in [0.15, 0.2) is 0 Å². The van der Waals surface area contributed by atoms with Gasteiger partial charge in [-0.3, -0.25) is 14.9 Å². The number of amides is 2. The zero-order chi connectivity index (χ0) is 15.2. The van der Waals surface area contributed by atoms with Crippen molar-refractivity contribution in [3.63, 3.8) is 0 Å². The Morgan fingerprint density at radius 2 is 1.90 bits per heavy atom. The molecule has 2 N–H and O–H groups in total. The molecule has 2 rings (SSSR count). The van der Waals surface area contributed by atoms with Gasteiger partial charge in [-0.25, -0.2) is 0 Å². The monoisotopic (exact) mass is 304 g/mol. The van der Waals surface area contributed by atoms with Crippen LogP contribution in [0.4, 0.5) is 5.13 Å². The molecule has 21 heavy (non-hydrogen) atoms. The first-order valence-corrected chi connectivity index (χ1v) is 7.34. The van der Waals surface area contributed by atoms with E-state index in [0.717, 1.165) is 5.01 Å². The second-order valence-electron chi connectivity index (χ2n) is 4.70. The summed E-state index contributed by atoms with van der Waals surface area (Å²) in [5.41, 5.74) is 0.517. The van der Waals surface area contributed by atoms with Crippen LogP contribution >= 0.6 is 11.3 Å². The van der Waals surface area contributed by atoms with Crippen LogP contribution in [0.3, 0.4) is 0 Å². The summed E-state index contributed by atoms with van der Waals surface area (Å²) in [6.45, 7) is 3.91. The second kappa shape index (κ2) is 6.94. The molecular formula is C14H16N4O2S. The van der Waals surface area contributed by atoms with Crippen molar-refractivity contribution < 1.29 is 9.59 Å². The van der Waals surface area contributed by atoms with Crippen molar-refractivity contribution in [3.05, 3.63) is 40.9 Å². The summed E-state index contributed by atoms with van der Waals surface area (Å²) < 4.78 is 0. The molecule has 1 heterocycles. The van der Waals surface area contributed by atoms with E-state index in [1.54, 1.807) is 24.3 Å². The third kappa shape index (κ3) is 4.35. The highest BCUT2D eigenvalue weighted by Gasteiger charge is 2.11. The van der Waals surface area contributed by atoms with E-state index < -0.39 is 0 Å². The Balaban J connectivity index is 1.83. The molecule has 6 nitrogen and oxygen atoms in total. The van der Waals surface area contributed by atoms with Gasteiger partial charge in [0.1, 0.15) is 5.01 Å². The second-order valence-corrected chi connectivity index (χ2v) is 5.71. The van der Waals surface area contributed by atoms with E-state index in [1.807, 2.05) is 19.9 Å². The SMILES string of the molecule is CC(C)c1nnc(NC(=O)CNC(=O)c2ccccc2)s1. The Kier molecular flexibility index (Phi) is 4.99. The fraction of sp³-hybridized carbons (Fsp3) is 0.286. The van der Waals surface area contributed by atoms with Crippen LogP contribution in [-0.4, -0.2) is 28.6 Å². The highest BCUT2D eigenvalue weighted by Crippen LogP contribution is 2.22. The Morgan fingerprint density at radius 3 is 2.52 bits per heavy atom. The molecule has 1 aromatic heterocycles. The van der Waals surface area contributed by atoms with Gasteiger partial charge in [0.2, 0.25) is 11.0 Å². The number of aromatic nitrogens is 2. The van der Waals surface area contributed by atoms with Gasteiger partial charge in [-0.05, 0) is 12.1 Å². The molecule has 0 aliphatic carbocycles. The van der Waals surface area contributed by atoms with Crippen LogP contribution in [0, 0.1) is 0 Å². The molecular weight excluding hydrogens is 288 g/mol. The lowest BCUT2D eigenvalue weighted by Crippen LogP contribution is -2.32. The zero-order valence-corrected chi connectivity index (χ0v) is 12.6. The summed E-state index contributed by atoms with van der Waals surface area (Å²) >= 11 is 1.33. The summed E-state index contributed by atoms with van der Waals surface area (Å²) in [4.78, 5) is 23.5. The summed E-state index contributed by atoms with van der Waals surface area (Å²) in [7, 11) is 0. The number of anilines is 1. The van der Waals surface area contributed by atoms with Crippen LogP contribution in [0.2, 0.25) is 0 Å². The molecule has 0 aliphatic heterocycles. The molecule has 0 unspecified atom stereocenters. The average molecular weight is 304 g/mol. The van der Waals surface area contributed by atoms with Gasteiger partial charge in [0.25, 0.3) is 5.91 Å². The van der Waals surface area contributed by atoms with Crippen LogP contribution in [0.25, 0.3) is 0 Å². The van der Waals surface area contributed by atoms with Crippen molar-refractivity contribution in [2.75, 3.05) is 11.9 Å². The fourth-order valence-corrected chi connectivity index (χ4v) is 2.30. The number of nitrogens with one attached hydrogen (secondary N) is 2. The highest BCUT2D eigenvalue weighted by atomic mass is 32.1. The van der Waals surface area contributed by atoms with Crippen molar-refractivity contribution in [2.45, 2.75) is 19.8 Å². The number of benzene rings is 1. The van der Waals surface area contributed by atoms with Gasteiger partial charge >= 0.3 is 0 Å². The van der Waals surface area contributed by atoms with Crippen LogP contribution in [0.5, 0.6) is 0 Å². The van der Waals surface area contributed by atoms with Crippen LogP contribution < -0.4 is 10.6 Å². The van der Waals surface area contributed by atoms with Gasteiger partial charge in [0.05, 0.1) is 6.54 Å². The molecule has 0 aliphatic rings. The first-order chi connectivity index (χ1) is 10.1.